The van der Waals surface area contributed by atoms with E-state index in [2.05, 4.69) is 10.3 Å². The molecule has 0 aliphatic heterocycles. The largest absolute Gasteiger partial charge is 0.369 e. The van der Waals surface area contributed by atoms with Crippen LogP contribution in [-0.4, -0.2) is 10.9 Å². The molecule has 0 aliphatic carbocycles. The summed E-state index contributed by atoms with van der Waals surface area (Å²) in [5.74, 6) is -0.305. The molecule has 19 heavy (non-hydrogen) atoms. The number of nitrogens with one attached hydrogen (secondary N) is 1. The third-order valence-corrected chi connectivity index (χ3v) is 2.76. The molecule has 0 radical (unpaired) electrons. The number of rotatable bonds is 6. The van der Waals surface area contributed by atoms with Crippen molar-refractivity contribution < 1.29 is 4.79 Å². The molecule has 1 aromatic heterocycles. The van der Waals surface area contributed by atoms with Crippen LogP contribution in [0.2, 0.25) is 0 Å². The number of hydrogen-bond acceptors (Lipinski definition) is 3. The van der Waals surface area contributed by atoms with Crippen molar-refractivity contribution in [3.05, 3.63) is 65.5 Å². The van der Waals surface area contributed by atoms with Crippen molar-refractivity contribution in [1.29, 1.82) is 0 Å². The van der Waals surface area contributed by atoms with Gasteiger partial charge in [-0.3, -0.25) is 9.78 Å². The predicted molar refractivity (Wildman–Crippen MR) is 74.1 cm³/mol. The molecule has 98 valence electrons. The zero-order valence-electron chi connectivity index (χ0n) is 10.7. The normalized spacial score (nSPS) is 10.3. The van der Waals surface area contributed by atoms with E-state index < -0.39 is 0 Å². The minimum Gasteiger partial charge on any atom is -0.369 e. The summed E-state index contributed by atoms with van der Waals surface area (Å²) in [5.41, 5.74) is 8.29. The van der Waals surface area contributed by atoms with E-state index in [4.69, 9.17) is 5.73 Å². The Kier molecular flexibility index (Phi) is 4.64. The van der Waals surface area contributed by atoms with Crippen LogP contribution < -0.4 is 11.1 Å². The highest BCUT2D eigenvalue weighted by Crippen LogP contribution is 2.05. The standard InChI is InChI=1S/C15H17N3O/c16-15(19)9-12-4-6-13(7-5-12)10-17-11-14-3-1-2-8-18-14/h1-8,17H,9-11H2,(H2,16,19). The zero-order chi connectivity index (χ0) is 13.5. The van der Waals surface area contributed by atoms with Gasteiger partial charge in [-0.05, 0) is 23.3 Å². The van der Waals surface area contributed by atoms with Gasteiger partial charge < -0.3 is 11.1 Å². The van der Waals surface area contributed by atoms with E-state index in [1.54, 1.807) is 6.20 Å². The monoisotopic (exact) mass is 255 g/mol. The van der Waals surface area contributed by atoms with Crippen molar-refractivity contribution in [1.82, 2.24) is 10.3 Å². The highest BCUT2D eigenvalue weighted by molar-refractivity contribution is 5.76. The van der Waals surface area contributed by atoms with Crippen LogP contribution in [0.5, 0.6) is 0 Å². The molecular weight excluding hydrogens is 238 g/mol. The minimum absolute atomic E-state index is 0.293. The van der Waals surface area contributed by atoms with Gasteiger partial charge in [-0.25, -0.2) is 0 Å². The van der Waals surface area contributed by atoms with Crippen LogP contribution in [0, 0.1) is 0 Å². The average molecular weight is 255 g/mol. The fourth-order valence-corrected chi connectivity index (χ4v) is 1.81. The maximum Gasteiger partial charge on any atom is 0.221 e. The molecule has 1 aromatic carbocycles. The first-order valence-corrected chi connectivity index (χ1v) is 6.21. The van der Waals surface area contributed by atoms with Crippen LogP contribution in [-0.2, 0) is 24.3 Å². The van der Waals surface area contributed by atoms with Gasteiger partial charge in [-0.2, -0.15) is 0 Å². The van der Waals surface area contributed by atoms with Gasteiger partial charge in [-0.15, -0.1) is 0 Å². The number of pyridine rings is 1. The summed E-state index contributed by atoms with van der Waals surface area (Å²) >= 11 is 0. The Bertz CT molecular complexity index is 523. The van der Waals surface area contributed by atoms with Gasteiger partial charge in [0.2, 0.25) is 5.91 Å². The summed E-state index contributed by atoms with van der Waals surface area (Å²) in [5, 5.41) is 3.32. The van der Waals surface area contributed by atoms with E-state index >= 15 is 0 Å². The summed E-state index contributed by atoms with van der Waals surface area (Å²) in [6.07, 6.45) is 2.08. The van der Waals surface area contributed by atoms with Gasteiger partial charge in [-0.1, -0.05) is 30.3 Å². The molecule has 0 unspecified atom stereocenters. The molecule has 3 N–H and O–H groups in total. The van der Waals surface area contributed by atoms with Gasteiger partial charge in [0.15, 0.2) is 0 Å². The SMILES string of the molecule is NC(=O)Cc1ccc(CNCc2ccccn2)cc1. The number of aromatic nitrogens is 1. The molecule has 1 heterocycles. The lowest BCUT2D eigenvalue weighted by Gasteiger charge is -2.05. The Morgan fingerprint density at radius 3 is 2.42 bits per heavy atom. The van der Waals surface area contributed by atoms with Crippen molar-refractivity contribution in [3.8, 4) is 0 Å². The Hall–Kier alpha value is -2.20. The highest BCUT2D eigenvalue weighted by Gasteiger charge is 1.99. The van der Waals surface area contributed by atoms with E-state index in [9.17, 15) is 4.79 Å². The Morgan fingerprint density at radius 1 is 1.05 bits per heavy atom. The molecule has 0 spiro atoms. The quantitative estimate of drug-likeness (QED) is 0.819. The van der Waals surface area contributed by atoms with Crippen molar-refractivity contribution >= 4 is 5.91 Å². The van der Waals surface area contributed by atoms with E-state index in [1.807, 2.05) is 42.5 Å². The van der Waals surface area contributed by atoms with Crippen LogP contribution in [0.25, 0.3) is 0 Å². The molecule has 0 atom stereocenters. The van der Waals surface area contributed by atoms with Crippen molar-refractivity contribution in [3.63, 3.8) is 0 Å². The summed E-state index contributed by atoms with van der Waals surface area (Å²) in [4.78, 5) is 15.0. The molecule has 0 fully saturated rings. The Labute approximate surface area is 112 Å². The molecule has 1 amide bonds. The summed E-state index contributed by atoms with van der Waals surface area (Å²) < 4.78 is 0. The number of primary amides is 1. The van der Waals surface area contributed by atoms with E-state index in [0.717, 1.165) is 24.3 Å². The molecule has 2 rings (SSSR count). The minimum atomic E-state index is -0.305. The maximum absolute atomic E-state index is 10.8. The first-order chi connectivity index (χ1) is 9.24. The fourth-order valence-electron chi connectivity index (χ4n) is 1.81. The summed E-state index contributed by atoms with van der Waals surface area (Å²) in [6.45, 7) is 1.51. The topological polar surface area (TPSA) is 68.0 Å². The van der Waals surface area contributed by atoms with Gasteiger partial charge in [0, 0.05) is 19.3 Å². The average Bonchev–Trinajstić information content (AvgIpc) is 2.41. The van der Waals surface area contributed by atoms with Crippen molar-refractivity contribution in [2.45, 2.75) is 19.5 Å². The molecular formula is C15H17N3O. The van der Waals surface area contributed by atoms with Crippen LogP contribution in [0.3, 0.4) is 0 Å². The van der Waals surface area contributed by atoms with Crippen LogP contribution in [0.15, 0.2) is 48.7 Å². The number of carbonyl (C=O) groups is 1. The highest BCUT2D eigenvalue weighted by atomic mass is 16.1. The van der Waals surface area contributed by atoms with Gasteiger partial charge in [0.05, 0.1) is 12.1 Å². The predicted octanol–water partition coefficient (Wildman–Crippen LogP) is 1.40. The molecule has 2 aromatic rings. The molecule has 4 nitrogen and oxygen atoms in total. The van der Waals surface area contributed by atoms with Gasteiger partial charge in [0.25, 0.3) is 0 Å². The molecule has 0 aliphatic rings. The number of amides is 1. The number of nitrogens with two attached hydrogens (primary N) is 1. The van der Waals surface area contributed by atoms with Crippen molar-refractivity contribution in [2.24, 2.45) is 5.73 Å². The number of carbonyl (C=O) groups excluding carboxylic acids is 1. The van der Waals surface area contributed by atoms with Gasteiger partial charge in [0.1, 0.15) is 0 Å². The molecule has 0 bridgehead atoms. The summed E-state index contributed by atoms with van der Waals surface area (Å²) in [7, 11) is 0. The number of hydrogen-bond donors (Lipinski definition) is 2. The molecule has 0 saturated carbocycles. The maximum atomic E-state index is 10.8. The second-order valence-corrected chi connectivity index (χ2v) is 4.38. The number of nitrogens with zero attached hydrogens (tertiary/aromatic N) is 1. The lowest BCUT2D eigenvalue weighted by Crippen LogP contribution is -2.14. The number of benzene rings is 1. The van der Waals surface area contributed by atoms with E-state index in [1.165, 1.54) is 5.56 Å². The Morgan fingerprint density at radius 2 is 1.79 bits per heavy atom. The first kappa shape index (κ1) is 13.2. The fraction of sp³-hybridized carbons (Fsp3) is 0.200. The third-order valence-electron chi connectivity index (χ3n) is 2.76. The zero-order valence-corrected chi connectivity index (χ0v) is 10.7. The van der Waals surface area contributed by atoms with Crippen LogP contribution in [0.4, 0.5) is 0 Å². The van der Waals surface area contributed by atoms with Crippen LogP contribution in [0.1, 0.15) is 16.8 Å². The third kappa shape index (κ3) is 4.52. The second kappa shape index (κ2) is 6.66. The Balaban J connectivity index is 1.81. The van der Waals surface area contributed by atoms with Gasteiger partial charge >= 0.3 is 0 Å². The van der Waals surface area contributed by atoms with E-state index in [0.29, 0.717) is 6.42 Å². The summed E-state index contributed by atoms with van der Waals surface area (Å²) in [6, 6.07) is 13.7. The first-order valence-electron chi connectivity index (χ1n) is 6.21. The second-order valence-electron chi connectivity index (χ2n) is 4.38. The van der Waals surface area contributed by atoms with Crippen molar-refractivity contribution in [2.75, 3.05) is 0 Å². The van der Waals surface area contributed by atoms with Crippen LogP contribution >= 0.6 is 0 Å². The molecule has 0 saturated heterocycles. The lowest BCUT2D eigenvalue weighted by atomic mass is 10.1. The van der Waals surface area contributed by atoms with E-state index in [-0.39, 0.29) is 5.91 Å². The lowest BCUT2D eigenvalue weighted by molar-refractivity contribution is -0.117. The molecule has 4 heteroatoms. The smallest absolute Gasteiger partial charge is 0.221 e.